The van der Waals surface area contributed by atoms with E-state index < -0.39 is 0 Å². The summed E-state index contributed by atoms with van der Waals surface area (Å²) in [6.07, 6.45) is 2.58. The van der Waals surface area contributed by atoms with E-state index in [1.165, 1.54) is 31.5 Å². The third kappa shape index (κ3) is 2.70. The maximum atomic E-state index is 9.11. The van der Waals surface area contributed by atoms with Gasteiger partial charge in [0.05, 0.1) is 6.61 Å². The molecule has 0 aliphatic carbocycles. The van der Waals surface area contributed by atoms with Crippen LogP contribution in [0.5, 0.6) is 0 Å². The highest BCUT2D eigenvalue weighted by Crippen LogP contribution is 2.37. The fourth-order valence-corrected chi connectivity index (χ4v) is 2.80. The van der Waals surface area contributed by atoms with Gasteiger partial charge in [0.1, 0.15) is 0 Å². The van der Waals surface area contributed by atoms with Crippen LogP contribution < -0.4 is 0 Å². The van der Waals surface area contributed by atoms with Gasteiger partial charge in [-0.15, -0.1) is 0 Å². The quantitative estimate of drug-likeness (QED) is 0.845. The normalized spacial score (nSPS) is 19.0. The van der Waals surface area contributed by atoms with Gasteiger partial charge in [0, 0.05) is 19.6 Å². The van der Waals surface area contributed by atoms with Gasteiger partial charge in [-0.1, -0.05) is 38.1 Å². The number of aliphatic hydroxyl groups is 1. The van der Waals surface area contributed by atoms with E-state index in [2.05, 4.69) is 30.9 Å². The second-order valence-corrected chi connectivity index (χ2v) is 5.33. The molecule has 1 aliphatic heterocycles. The lowest BCUT2D eigenvalue weighted by molar-refractivity contribution is -0.0120. The Balaban J connectivity index is 1.91. The highest BCUT2D eigenvalue weighted by Gasteiger charge is 2.39. The molecule has 2 heteroatoms. The average molecular weight is 233 g/mol. The van der Waals surface area contributed by atoms with Crippen molar-refractivity contribution in [2.75, 3.05) is 13.1 Å². The average Bonchev–Trinajstić information content (AvgIpc) is 2.33. The van der Waals surface area contributed by atoms with E-state index in [1.807, 2.05) is 12.1 Å². The Bertz CT molecular complexity index is 363. The van der Waals surface area contributed by atoms with Crippen molar-refractivity contribution in [2.24, 2.45) is 5.41 Å². The summed E-state index contributed by atoms with van der Waals surface area (Å²) in [6, 6.07) is 8.27. The van der Waals surface area contributed by atoms with Gasteiger partial charge in [-0.25, -0.2) is 0 Å². The summed E-state index contributed by atoms with van der Waals surface area (Å²) < 4.78 is 0. The predicted molar refractivity (Wildman–Crippen MR) is 70.7 cm³/mol. The summed E-state index contributed by atoms with van der Waals surface area (Å²) in [5.74, 6) is 0. The van der Waals surface area contributed by atoms with E-state index >= 15 is 0 Å². The van der Waals surface area contributed by atoms with Crippen LogP contribution in [-0.2, 0) is 13.2 Å². The minimum atomic E-state index is 0.141. The zero-order chi connectivity index (χ0) is 12.3. The molecule has 0 saturated carbocycles. The molecule has 2 nitrogen and oxygen atoms in total. The number of aliphatic hydroxyl groups excluding tert-OH is 1. The number of hydrogen-bond donors (Lipinski definition) is 1. The van der Waals surface area contributed by atoms with E-state index in [1.54, 1.807) is 0 Å². The highest BCUT2D eigenvalue weighted by molar-refractivity contribution is 5.23. The van der Waals surface area contributed by atoms with Crippen molar-refractivity contribution >= 4 is 0 Å². The number of nitrogens with zero attached hydrogens (tertiary/aromatic N) is 1. The Morgan fingerprint density at radius 2 is 1.82 bits per heavy atom. The van der Waals surface area contributed by atoms with Crippen molar-refractivity contribution in [3.8, 4) is 0 Å². The molecule has 0 amide bonds. The number of rotatable bonds is 5. The number of hydrogen-bond acceptors (Lipinski definition) is 2. The van der Waals surface area contributed by atoms with Crippen molar-refractivity contribution < 1.29 is 5.11 Å². The van der Waals surface area contributed by atoms with Crippen molar-refractivity contribution in [1.82, 2.24) is 4.90 Å². The molecule has 0 atom stereocenters. The van der Waals surface area contributed by atoms with Gasteiger partial charge in [-0.05, 0) is 29.4 Å². The van der Waals surface area contributed by atoms with Gasteiger partial charge in [-0.3, -0.25) is 4.90 Å². The summed E-state index contributed by atoms with van der Waals surface area (Å²) in [5.41, 5.74) is 2.91. The van der Waals surface area contributed by atoms with Gasteiger partial charge >= 0.3 is 0 Å². The molecule has 0 unspecified atom stereocenters. The summed E-state index contributed by atoms with van der Waals surface area (Å²) >= 11 is 0. The third-order valence-electron chi connectivity index (χ3n) is 4.20. The lowest BCUT2D eigenvalue weighted by Gasteiger charge is -2.50. The molecule has 1 saturated heterocycles. The van der Waals surface area contributed by atoms with Gasteiger partial charge < -0.3 is 5.11 Å². The lowest BCUT2D eigenvalue weighted by Crippen LogP contribution is -2.54. The molecule has 1 aliphatic rings. The topological polar surface area (TPSA) is 23.5 Å². The molecule has 1 aromatic rings. The largest absolute Gasteiger partial charge is 0.392 e. The van der Waals surface area contributed by atoms with Crippen LogP contribution in [0.25, 0.3) is 0 Å². The molecule has 0 aromatic heterocycles. The fraction of sp³-hybridized carbons (Fsp3) is 0.600. The van der Waals surface area contributed by atoms with Crippen LogP contribution in [0.2, 0.25) is 0 Å². The maximum absolute atomic E-state index is 9.11. The Labute approximate surface area is 104 Å². The van der Waals surface area contributed by atoms with Crippen LogP contribution in [0.15, 0.2) is 24.3 Å². The van der Waals surface area contributed by atoms with Crippen LogP contribution in [0.4, 0.5) is 0 Å². The monoisotopic (exact) mass is 233 g/mol. The van der Waals surface area contributed by atoms with Gasteiger partial charge in [0.2, 0.25) is 0 Å². The van der Waals surface area contributed by atoms with Crippen LogP contribution in [-0.4, -0.2) is 23.1 Å². The van der Waals surface area contributed by atoms with Crippen LogP contribution in [0, 0.1) is 5.41 Å². The molecule has 1 aromatic carbocycles. The maximum Gasteiger partial charge on any atom is 0.0681 e. The van der Waals surface area contributed by atoms with Gasteiger partial charge in [-0.2, -0.15) is 0 Å². The molecule has 0 bridgehead atoms. The van der Waals surface area contributed by atoms with E-state index in [4.69, 9.17) is 5.11 Å². The minimum Gasteiger partial charge on any atom is -0.392 e. The predicted octanol–water partition coefficient (Wildman–Crippen LogP) is 2.80. The van der Waals surface area contributed by atoms with Crippen molar-refractivity contribution in [3.05, 3.63) is 35.4 Å². The molecule has 94 valence electrons. The first kappa shape index (κ1) is 12.6. The molecule has 2 rings (SSSR count). The molecule has 1 fully saturated rings. The fourth-order valence-electron chi connectivity index (χ4n) is 2.80. The molecule has 0 spiro atoms. The number of benzene rings is 1. The van der Waals surface area contributed by atoms with Crippen LogP contribution in [0.3, 0.4) is 0 Å². The molecular formula is C15H23NO. The van der Waals surface area contributed by atoms with Crippen LogP contribution in [0.1, 0.15) is 37.8 Å². The first-order valence-electron chi connectivity index (χ1n) is 6.62. The van der Waals surface area contributed by atoms with E-state index in [-0.39, 0.29) is 6.61 Å². The summed E-state index contributed by atoms with van der Waals surface area (Å²) in [6.45, 7) is 8.21. The second kappa shape index (κ2) is 5.19. The standard InChI is InChI=1S/C15H23NO/c1-3-15(4-2)11-16(12-15)9-13-6-5-7-14(8-13)10-17/h5-8,17H,3-4,9-12H2,1-2H3. The zero-order valence-corrected chi connectivity index (χ0v) is 10.9. The first-order chi connectivity index (χ1) is 8.21. The minimum absolute atomic E-state index is 0.141. The SMILES string of the molecule is CCC1(CC)CN(Cc2cccc(CO)c2)C1. The van der Waals surface area contributed by atoms with E-state index in [0.29, 0.717) is 5.41 Å². The smallest absolute Gasteiger partial charge is 0.0681 e. The zero-order valence-electron chi connectivity index (χ0n) is 10.9. The molecule has 1 heterocycles. The van der Waals surface area contributed by atoms with Crippen LogP contribution >= 0.6 is 0 Å². The summed E-state index contributed by atoms with van der Waals surface area (Å²) in [5, 5.41) is 9.11. The van der Waals surface area contributed by atoms with Gasteiger partial charge in [0.25, 0.3) is 0 Å². The van der Waals surface area contributed by atoms with E-state index in [0.717, 1.165) is 12.1 Å². The molecular weight excluding hydrogens is 210 g/mol. The highest BCUT2D eigenvalue weighted by atomic mass is 16.3. The van der Waals surface area contributed by atoms with Crippen molar-refractivity contribution in [2.45, 2.75) is 39.8 Å². The molecule has 17 heavy (non-hydrogen) atoms. The van der Waals surface area contributed by atoms with Crippen molar-refractivity contribution in [1.29, 1.82) is 0 Å². The molecule has 1 N–H and O–H groups in total. The first-order valence-corrected chi connectivity index (χ1v) is 6.62. The Morgan fingerprint density at radius 1 is 1.18 bits per heavy atom. The number of likely N-dealkylation sites (tertiary alicyclic amines) is 1. The lowest BCUT2D eigenvalue weighted by atomic mass is 9.75. The third-order valence-corrected chi connectivity index (χ3v) is 4.20. The van der Waals surface area contributed by atoms with Gasteiger partial charge in [0.15, 0.2) is 0 Å². The van der Waals surface area contributed by atoms with E-state index in [9.17, 15) is 0 Å². The summed E-state index contributed by atoms with van der Waals surface area (Å²) in [7, 11) is 0. The van der Waals surface area contributed by atoms with Crippen molar-refractivity contribution in [3.63, 3.8) is 0 Å². The summed E-state index contributed by atoms with van der Waals surface area (Å²) in [4.78, 5) is 2.50. The Hall–Kier alpha value is -0.860. The Morgan fingerprint density at radius 3 is 2.41 bits per heavy atom. The second-order valence-electron chi connectivity index (χ2n) is 5.33. The Kier molecular flexibility index (Phi) is 3.85. The molecule has 0 radical (unpaired) electrons.